The summed E-state index contributed by atoms with van der Waals surface area (Å²) >= 11 is 0. The molecule has 7 nitrogen and oxygen atoms in total. The molecule has 1 saturated carbocycles. The molecule has 2 N–H and O–H groups in total. The van der Waals surface area contributed by atoms with Crippen molar-refractivity contribution < 1.29 is 19.2 Å². The van der Waals surface area contributed by atoms with Gasteiger partial charge >= 0.3 is 0 Å². The molecule has 1 aromatic carbocycles. The van der Waals surface area contributed by atoms with E-state index in [1.165, 1.54) is 4.90 Å². The van der Waals surface area contributed by atoms with E-state index >= 15 is 0 Å². The van der Waals surface area contributed by atoms with E-state index in [2.05, 4.69) is 10.6 Å². The first kappa shape index (κ1) is 20.0. The van der Waals surface area contributed by atoms with Gasteiger partial charge in [-0.15, -0.1) is 0 Å². The largest absolute Gasteiger partial charge is 0.347 e. The maximum Gasteiger partial charge on any atom is 0.243 e. The number of fused-ring (bicyclic) bond motifs is 1. The van der Waals surface area contributed by atoms with Gasteiger partial charge in [0.15, 0.2) is 0 Å². The molecule has 0 radical (unpaired) electrons. The Morgan fingerprint density at radius 1 is 1.04 bits per heavy atom. The number of anilines is 1. The van der Waals surface area contributed by atoms with E-state index < -0.39 is 0 Å². The molecule has 1 saturated heterocycles. The molecule has 2 atom stereocenters. The van der Waals surface area contributed by atoms with Crippen molar-refractivity contribution in [3.05, 3.63) is 29.8 Å². The maximum absolute atomic E-state index is 12.4. The van der Waals surface area contributed by atoms with Crippen molar-refractivity contribution in [2.75, 3.05) is 18.4 Å². The average Bonchev–Trinajstić information content (AvgIpc) is 2.95. The summed E-state index contributed by atoms with van der Waals surface area (Å²) in [5.41, 5.74) is 1.76. The van der Waals surface area contributed by atoms with Gasteiger partial charge in [-0.25, -0.2) is 0 Å². The third kappa shape index (κ3) is 4.40. The van der Waals surface area contributed by atoms with Crippen LogP contribution in [0.25, 0.3) is 0 Å². The Balaban J connectivity index is 1.44. The fourth-order valence-electron chi connectivity index (χ4n) is 4.08. The summed E-state index contributed by atoms with van der Waals surface area (Å²) in [6.07, 6.45) is 4.28. The zero-order chi connectivity index (χ0) is 20.1. The van der Waals surface area contributed by atoms with Crippen molar-refractivity contribution in [1.29, 1.82) is 0 Å². The Labute approximate surface area is 164 Å². The third-order valence-electron chi connectivity index (χ3n) is 5.61. The number of likely N-dealkylation sites (tertiary alicyclic amines) is 1. The molecule has 0 aromatic heterocycles. The van der Waals surface area contributed by atoms with Gasteiger partial charge in [-0.05, 0) is 30.9 Å². The van der Waals surface area contributed by atoms with Crippen LogP contribution in [0.1, 0.15) is 44.6 Å². The minimum Gasteiger partial charge on any atom is -0.347 e. The van der Waals surface area contributed by atoms with E-state index in [9.17, 15) is 19.2 Å². The summed E-state index contributed by atoms with van der Waals surface area (Å²) in [5.74, 6) is -1.35. The average molecular weight is 385 g/mol. The lowest BCUT2D eigenvalue weighted by molar-refractivity contribution is -0.140. The molecule has 1 aromatic rings. The number of carbonyl (C=O) groups is 4. The smallest absolute Gasteiger partial charge is 0.243 e. The predicted octanol–water partition coefficient (Wildman–Crippen LogP) is 1.87. The maximum atomic E-state index is 12.4. The molecule has 0 bridgehead atoms. The summed E-state index contributed by atoms with van der Waals surface area (Å²) in [6, 6.07) is 7.51. The topological polar surface area (TPSA) is 95.6 Å². The van der Waals surface area contributed by atoms with Crippen molar-refractivity contribution >= 4 is 29.3 Å². The van der Waals surface area contributed by atoms with E-state index in [1.54, 1.807) is 0 Å². The van der Waals surface area contributed by atoms with Crippen molar-refractivity contribution in [3.8, 4) is 0 Å². The molecule has 3 rings (SSSR count). The van der Waals surface area contributed by atoms with E-state index in [0.717, 1.165) is 43.4 Å². The number of benzene rings is 1. The zero-order valence-corrected chi connectivity index (χ0v) is 16.2. The molecular weight excluding hydrogens is 358 g/mol. The summed E-state index contributed by atoms with van der Waals surface area (Å²) in [4.78, 5) is 50.2. The Bertz CT molecular complexity index is 753. The Morgan fingerprint density at radius 3 is 2.32 bits per heavy atom. The molecule has 150 valence electrons. The van der Waals surface area contributed by atoms with Gasteiger partial charge in [0.25, 0.3) is 0 Å². The lowest BCUT2D eigenvalue weighted by atomic mass is 9.81. The summed E-state index contributed by atoms with van der Waals surface area (Å²) < 4.78 is 0. The second kappa shape index (κ2) is 8.99. The molecule has 2 aliphatic rings. The normalized spacial score (nSPS) is 21.4. The van der Waals surface area contributed by atoms with Crippen LogP contribution in [0.2, 0.25) is 0 Å². The van der Waals surface area contributed by atoms with E-state index in [0.29, 0.717) is 0 Å². The van der Waals surface area contributed by atoms with Crippen molar-refractivity contribution in [3.63, 3.8) is 0 Å². The van der Waals surface area contributed by atoms with Crippen LogP contribution >= 0.6 is 0 Å². The van der Waals surface area contributed by atoms with Crippen LogP contribution < -0.4 is 10.6 Å². The van der Waals surface area contributed by atoms with Gasteiger partial charge in [-0.3, -0.25) is 24.1 Å². The van der Waals surface area contributed by atoms with Crippen LogP contribution in [0, 0.1) is 11.8 Å². The SMILES string of the molecule is CCc1ccccc1NC(=O)CNC(=O)CCN1C(=O)[C@H]2CCCC[C@H]2C1=O. The fraction of sp³-hybridized carbons (Fsp3) is 0.524. The number of carbonyl (C=O) groups excluding carboxylic acids is 4. The Kier molecular flexibility index (Phi) is 6.44. The first-order valence-corrected chi connectivity index (χ1v) is 10.0. The van der Waals surface area contributed by atoms with Crippen LogP contribution in [0.3, 0.4) is 0 Å². The van der Waals surface area contributed by atoms with Crippen molar-refractivity contribution in [2.24, 2.45) is 11.8 Å². The number of nitrogens with one attached hydrogen (secondary N) is 2. The standard InChI is InChI=1S/C21H27N3O4/c1-2-14-7-3-6-10-17(14)23-19(26)13-22-18(25)11-12-24-20(27)15-8-4-5-9-16(15)21(24)28/h3,6-7,10,15-16H,2,4-5,8-9,11-13H2,1H3,(H,22,25)(H,23,26)/t15-,16+. The lowest BCUT2D eigenvalue weighted by Crippen LogP contribution is -2.37. The number of aryl methyl sites for hydroxylation is 1. The van der Waals surface area contributed by atoms with Gasteiger partial charge < -0.3 is 10.6 Å². The number of imide groups is 1. The molecule has 2 fully saturated rings. The highest BCUT2D eigenvalue weighted by atomic mass is 16.2. The van der Waals surface area contributed by atoms with Gasteiger partial charge in [-0.2, -0.15) is 0 Å². The molecule has 28 heavy (non-hydrogen) atoms. The highest BCUT2D eigenvalue weighted by Gasteiger charge is 2.47. The number of rotatable bonds is 7. The minimum absolute atomic E-state index is 0.00967. The van der Waals surface area contributed by atoms with E-state index in [1.807, 2.05) is 31.2 Å². The predicted molar refractivity (Wildman–Crippen MR) is 104 cm³/mol. The molecule has 7 heteroatoms. The van der Waals surface area contributed by atoms with Crippen LogP contribution in [0.5, 0.6) is 0 Å². The number of hydrogen-bond acceptors (Lipinski definition) is 4. The zero-order valence-electron chi connectivity index (χ0n) is 16.2. The molecule has 1 heterocycles. The van der Waals surface area contributed by atoms with Gasteiger partial charge in [0.05, 0.1) is 18.4 Å². The lowest BCUT2D eigenvalue weighted by Gasteiger charge is -2.19. The van der Waals surface area contributed by atoms with Crippen molar-refractivity contribution in [2.45, 2.75) is 45.4 Å². The quantitative estimate of drug-likeness (QED) is 0.701. The molecule has 4 amide bonds. The van der Waals surface area contributed by atoms with Crippen LogP contribution in [0.4, 0.5) is 5.69 Å². The second-order valence-corrected chi connectivity index (χ2v) is 7.41. The van der Waals surface area contributed by atoms with Crippen LogP contribution in [-0.4, -0.2) is 41.6 Å². The Hall–Kier alpha value is -2.70. The number of hydrogen-bond donors (Lipinski definition) is 2. The second-order valence-electron chi connectivity index (χ2n) is 7.41. The van der Waals surface area contributed by atoms with Gasteiger partial charge in [-0.1, -0.05) is 38.0 Å². The van der Waals surface area contributed by atoms with Crippen molar-refractivity contribution in [1.82, 2.24) is 10.2 Å². The molecule has 1 aliphatic heterocycles. The number of para-hydroxylation sites is 1. The Morgan fingerprint density at radius 2 is 1.68 bits per heavy atom. The third-order valence-corrected chi connectivity index (χ3v) is 5.61. The van der Waals surface area contributed by atoms with Gasteiger partial charge in [0.2, 0.25) is 23.6 Å². The highest BCUT2D eigenvalue weighted by molar-refractivity contribution is 6.05. The monoisotopic (exact) mass is 385 g/mol. The molecule has 1 aliphatic carbocycles. The first-order valence-electron chi connectivity index (χ1n) is 10.0. The highest BCUT2D eigenvalue weighted by Crippen LogP contribution is 2.37. The van der Waals surface area contributed by atoms with E-state index in [4.69, 9.17) is 0 Å². The minimum atomic E-state index is -0.352. The molecule has 0 spiro atoms. The summed E-state index contributed by atoms with van der Waals surface area (Å²) in [5, 5.41) is 5.35. The van der Waals surface area contributed by atoms with E-state index in [-0.39, 0.29) is 55.0 Å². The summed E-state index contributed by atoms with van der Waals surface area (Å²) in [6.45, 7) is 1.94. The fourth-order valence-corrected chi connectivity index (χ4v) is 4.08. The van der Waals surface area contributed by atoms with Crippen LogP contribution in [0.15, 0.2) is 24.3 Å². The summed E-state index contributed by atoms with van der Waals surface area (Å²) in [7, 11) is 0. The van der Waals surface area contributed by atoms with Crippen LogP contribution in [-0.2, 0) is 25.6 Å². The number of nitrogens with zero attached hydrogens (tertiary/aromatic N) is 1. The van der Waals surface area contributed by atoms with Gasteiger partial charge in [0.1, 0.15) is 0 Å². The molecular formula is C21H27N3O4. The first-order chi connectivity index (χ1) is 13.5. The van der Waals surface area contributed by atoms with Gasteiger partial charge in [0, 0.05) is 18.7 Å². The molecule has 0 unspecified atom stereocenters. The number of amides is 4.